The van der Waals surface area contributed by atoms with Crippen LogP contribution in [0.1, 0.15) is 59.0 Å². The zero-order chi connectivity index (χ0) is 27.1. The van der Waals surface area contributed by atoms with E-state index in [4.69, 9.17) is 16.3 Å². The van der Waals surface area contributed by atoms with Crippen molar-refractivity contribution in [1.29, 1.82) is 0 Å². The number of thiophene rings is 1. The van der Waals surface area contributed by atoms with E-state index in [0.29, 0.717) is 27.7 Å². The van der Waals surface area contributed by atoms with Gasteiger partial charge in [0.15, 0.2) is 0 Å². The molecule has 38 heavy (non-hydrogen) atoms. The Kier molecular flexibility index (Phi) is 9.88. The Morgan fingerprint density at radius 1 is 1.05 bits per heavy atom. The number of rotatable bonds is 9. The first-order valence-corrected chi connectivity index (χ1v) is 14.8. The third-order valence-electron chi connectivity index (χ3n) is 6.38. The molecule has 0 saturated carbocycles. The summed E-state index contributed by atoms with van der Waals surface area (Å²) in [4.78, 5) is 40.5. The molecule has 0 saturated heterocycles. The van der Waals surface area contributed by atoms with Crippen molar-refractivity contribution in [2.45, 2.75) is 62.0 Å². The van der Waals surface area contributed by atoms with Crippen LogP contribution in [0.2, 0.25) is 5.02 Å². The summed E-state index contributed by atoms with van der Waals surface area (Å²) in [6, 6.07) is 14.7. The number of nitrogens with one attached hydrogen (secondary N) is 2. The lowest BCUT2D eigenvalue weighted by molar-refractivity contribution is -0.116. The van der Waals surface area contributed by atoms with Crippen LogP contribution in [0.3, 0.4) is 0 Å². The quantitative estimate of drug-likeness (QED) is 0.162. The van der Waals surface area contributed by atoms with E-state index in [0.717, 1.165) is 48.1 Å². The first kappa shape index (κ1) is 28.2. The normalized spacial score (nSPS) is 13.7. The van der Waals surface area contributed by atoms with E-state index in [-0.39, 0.29) is 23.5 Å². The number of benzene rings is 2. The van der Waals surface area contributed by atoms with Crippen molar-refractivity contribution >= 4 is 63.2 Å². The molecule has 0 fully saturated rings. The largest absolute Gasteiger partial charge is 0.465 e. The van der Waals surface area contributed by atoms with Crippen molar-refractivity contribution in [3.05, 3.63) is 75.1 Å². The van der Waals surface area contributed by atoms with Crippen LogP contribution in [0.25, 0.3) is 0 Å². The van der Waals surface area contributed by atoms with Crippen molar-refractivity contribution in [3.8, 4) is 0 Å². The molecule has 2 amide bonds. The highest BCUT2D eigenvalue weighted by Crippen LogP contribution is 2.39. The molecule has 1 aromatic heterocycles. The van der Waals surface area contributed by atoms with Crippen LogP contribution < -0.4 is 10.6 Å². The molecule has 200 valence electrons. The van der Waals surface area contributed by atoms with Gasteiger partial charge in [0, 0.05) is 20.5 Å². The number of halogens is 1. The Balaban J connectivity index is 1.43. The number of carbonyl (C=O) groups excluding carboxylic acids is 3. The van der Waals surface area contributed by atoms with Gasteiger partial charge in [0.05, 0.1) is 24.3 Å². The minimum atomic E-state index is -0.401. The molecule has 1 unspecified atom stereocenters. The predicted molar refractivity (Wildman–Crippen MR) is 156 cm³/mol. The van der Waals surface area contributed by atoms with Crippen LogP contribution in [0.5, 0.6) is 0 Å². The van der Waals surface area contributed by atoms with Crippen LogP contribution in [0.15, 0.2) is 53.4 Å². The molecule has 1 heterocycles. The average molecular weight is 571 g/mol. The molecular formula is C29H31ClN2O4S2. The van der Waals surface area contributed by atoms with Gasteiger partial charge in [0.25, 0.3) is 0 Å². The van der Waals surface area contributed by atoms with Gasteiger partial charge in [0.1, 0.15) is 5.00 Å². The number of carbonyl (C=O) groups is 3. The van der Waals surface area contributed by atoms with Gasteiger partial charge in [-0.3, -0.25) is 9.59 Å². The van der Waals surface area contributed by atoms with Crippen molar-refractivity contribution in [2.75, 3.05) is 17.7 Å². The molecule has 4 rings (SSSR count). The molecule has 0 spiro atoms. The molecule has 3 aromatic rings. The average Bonchev–Trinajstić information content (AvgIpc) is 3.07. The Morgan fingerprint density at radius 3 is 2.55 bits per heavy atom. The van der Waals surface area contributed by atoms with Gasteiger partial charge in [-0.15, -0.1) is 23.1 Å². The summed E-state index contributed by atoms with van der Waals surface area (Å²) >= 11 is 8.85. The predicted octanol–water partition coefficient (Wildman–Crippen LogP) is 7.15. The first-order valence-electron chi connectivity index (χ1n) is 12.7. The molecule has 0 aliphatic heterocycles. The number of hydrogen-bond donors (Lipinski definition) is 2. The third-order valence-corrected chi connectivity index (χ3v) is 9.20. The molecule has 2 N–H and O–H groups in total. The first-order chi connectivity index (χ1) is 18.4. The highest BCUT2D eigenvalue weighted by molar-refractivity contribution is 8.00. The van der Waals surface area contributed by atoms with Crippen LogP contribution in [-0.4, -0.2) is 30.1 Å². The van der Waals surface area contributed by atoms with Gasteiger partial charge in [-0.05, 0) is 73.6 Å². The Labute approximate surface area is 236 Å². The van der Waals surface area contributed by atoms with E-state index in [1.54, 1.807) is 12.1 Å². The summed E-state index contributed by atoms with van der Waals surface area (Å²) in [6.07, 6.45) is 5.84. The molecule has 0 radical (unpaired) electrons. The molecule has 9 heteroatoms. The van der Waals surface area contributed by atoms with Gasteiger partial charge >= 0.3 is 5.97 Å². The van der Waals surface area contributed by atoms with Gasteiger partial charge in [-0.1, -0.05) is 43.1 Å². The van der Waals surface area contributed by atoms with E-state index in [1.165, 1.54) is 35.1 Å². The maximum Gasteiger partial charge on any atom is 0.341 e. The number of hydrogen-bond acceptors (Lipinski definition) is 6. The van der Waals surface area contributed by atoms with Crippen molar-refractivity contribution in [2.24, 2.45) is 0 Å². The van der Waals surface area contributed by atoms with E-state index in [9.17, 15) is 14.4 Å². The van der Waals surface area contributed by atoms with Crippen LogP contribution in [0.4, 0.5) is 10.7 Å². The zero-order valence-electron chi connectivity index (χ0n) is 21.5. The number of methoxy groups -OCH3 is 1. The van der Waals surface area contributed by atoms with Crippen molar-refractivity contribution < 1.29 is 19.1 Å². The maximum absolute atomic E-state index is 13.3. The number of ether oxygens (including phenoxy) is 1. The fraction of sp³-hybridized carbons (Fsp3) is 0.345. The summed E-state index contributed by atoms with van der Waals surface area (Å²) in [7, 11) is 1.38. The second-order valence-corrected chi connectivity index (χ2v) is 12.0. The molecule has 0 bridgehead atoms. The lowest BCUT2D eigenvalue weighted by Gasteiger charge is -2.16. The van der Waals surface area contributed by atoms with E-state index in [1.807, 2.05) is 43.3 Å². The van der Waals surface area contributed by atoms with Gasteiger partial charge in [-0.2, -0.15) is 0 Å². The Hall–Kier alpha value is -2.81. The lowest BCUT2D eigenvalue weighted by atomic mass is 10.1. The van der Waals surface area contributed by atoms with Gasteiger partial charge < -0.3 is 15.4 Å². The highest BCUT2D eigenvalue weighted by atomic mass is 35.5. The smallest absolute Gasteiger partial charge is 0.341 e. The minimum absolute atomic E-state index is 0.132. The van der Waals surface area contributed by atoms with Crippen LogP contribution in [0, 0.1) is 0 Å². The third kappa shape index (κ3) is 7.18. The highest BCUT2D eigenvalue weighted by Gasteiger charge is 2.28. The zero-order valence-corrected chi connectivity index (χ0v) is 23.9. The number of amides is 2. The number of esters is 1. The van der Waals surface area contributed by atoms with Gasteiger partial charge in [-0.25, -0.2) is 4.79 Å². The molecule has 1 aliphatic rings. The summed E-state index contributed by atoms with van der Waals surface area (Å²) in [5.41, 5.74) is 3.07. The molecule has 1 aliphatic carbocycles. The van der Waals surface area contributed by atoms with Crippen LogP contribution >= 0.6 is 34.7 Å². The SMILES string of the molecule is CCC(Sc1cccc(NC(=O)Cc2ccc(Cl)cc2)c1)C(=O)Nc1sc2c(c1C(=O)OC)CCCCC2. The summed E-state index contributed by atoms with van der Waals surface area (Å²) in [5.74, 6) is -0.689. The molecule has 1 atom stereocenters. The van der Waals surface area contributed by atoms with Gasteiger partial charge in [0.2, 0.25) is 11.8 Å². The number of fused-ring (bicyclic) bond motifs is 1. The topological polar surface area (TPSA) is 84.5 Å². The van der Waals surface area contributed by atoms with E-state index >= 15 is 0 Å². The standard InChI is InChI=1S/C29H31ClN2O4S2/c1-3-23(27(34)32-28-26(29(35)36-2)22-10-5-4-6-11-24(22)38-28)37-21-9-7-8-20(17-21)31-25(33)16-18-12-14-19(30)15-13-18/h7-9,12-15,17,23H,3-6,10-11,16H2,1-2H3,(H,31,33)(H,32,34). The Morgan fingerprint density at radius 2 is 1.82 bits per heavy atom. The van der Waals surface area contributed by atoms with Crippen molar-refractivity contribution in [1.82, 2.24) is 0 Å². The number of anilines is 2. The molecule has 6 nitrogen and oxygen atoms in total. The minimum Gasteiger partial charge on any atom is -0.465 e. The van der Waals surface area contributed by atoms with E-state index < -0.39 is 5.97 Å². The van der Waals surface area contributed by atoms with E-state index in [2.05, 4.69) is 10.6 Å². The molecular weight excluding hydrogens is 540 g/mol. The fourth-order valence-electron chi connectivity index (χ4n) is 4.47. The lowest BCUT2D eigenvalue weighted by Crippen LogP contribution is -2.25. The maximum atomic E-state index is 13.3. The monoisotopic (exact) mass is 570 g/mol. The summed E-state index contributed by atoms with van der Waals surface area (Å²) in [6.45, 7) is 1.96. The number of aryl methyl sites for hydroxylation is 1. The second kappa shape index (κ2) is 13.3. The molecule has 2 aromatic carbocycles. The Bertz CT molecular complexity index is 1310. The summed E-state index contributed by atoms with van der Waals surface area (Å²) < 4.78 is 5.06. The fourth-order valence-corrected chi connectivity index (χ4v) is 6.89. The number of thioether (sulfide) groups is 1. The van der Waals surface area contributed by atoms with Crippen molar-refractivity contribution in [3.63, 3.8) is 0 Å². The summed E-state index contributed by atoms with van der Waals surface area (Å²) in [5, 5.41) is 6.80. The second-order valence-electron chi connectivity index (χ2n) is 9.14. The van der Waals surface area contributed by atoms with Crippen LogP contribution in [-0.2, 0) is 33.6 Å².